The van der Waals surface area contributed by atoms with E-state index in [1.54, 1.807) is 22.6 Å². The SMILES string of the molecule is CCCSCC(O)c1cnnn1CCC. The number of aliphatic hydroxyl groups is 1. The summed E-state index contributed by atoms with van der Waals surface area (Å²) in [7, 11) is 0. The molecular weight excluding hydrogens is 210 g/mol. The minimum atomic E-state index is -0.442. The van der Waals surface area contributed by atoms with Crippen LogP contribution in [0.3, 0.4) is 0 Å². The molecule has 0 bridgehead atoms. The van der Waals surface area contributed by atoms with Gasteiger partial charge in [0, 0.05) is 12.3 Å². The Morgan fingerprint density at radius 2 is 2.27 bits per heavy atom. The summed E-state index contributed by atoms with van der Waals surface area (Å²) in [4.78, 5) is 0. The van der Waals surface area contributed by atoms with E-state index >= 15 is 0 Å². The van der Waals surface area contributed by atoms with E-state index in [0.717, 1.165) is 36.6 Å². The van der Waals surface area contributed by atoms with Crippen molar-refractivity contribution in [2.75, 3.05) is 11.5 Å². The van der Waals surface area contributed by atoms with E-state index in [4.69, 9.17) is 0 Å². The largest absolute Gasteiger partial charge is 0.386 e. The molecule has 0 aromatic carbocycles. The van der Waals surface area contributed by atoms with Gasteiger partial charge in [0.15, 0.2) is 0 Å². The molecule has 0 spiro atoms. The van der Waals surface area contributed by atoms with Crippen molar-refractivity contribution in [2.24, 2.45) is 0 Å². The van der Waals surface area contributed by atoms with E-state index in [-0.39, 0.29) is 0 Å². The molecule has 1 heterocycles. The molecule has 0 amide bonds. The molecule has 15 heavy (non-hydrogen) atoms. The smallest absolute Gasteiger partial charge is 0.106 e. The van der Waals surface area contributed by atoms with Gasteiger partial charge in [0.1, 0.15) is 6.10 Å². The average Bonchev–Trinajstić information content (AvgIpc) is 2.67. The first-order chi connectivity index (χ1) is 7.29. The molecule has 0 aliphatic carbocycles. The third kappa shape index (κ3) is 3.83. The minimum absolute atomic E-state index is 0.442. The molecule has 5 heteroatoms. The summed E-state index contributed by atoms with van der Waals surface area (Å²) in [6.45, 7) is 5.05. The second-order valence-corrected chi connectivity index (χ2v) is 4.62. The van der Waals surface area contributed by atoms with E-state index in [2.05, 4.69) is 24.2 Å². The Morgan fingerprint density at radius 1 is 1.47 bits per heavy atom. The summed E-state index contributed by atoms with van der Waals surface area (Å²) in [6.07, 6.45) is 3.37. The van der Waals surface area contributed by atoms with Crippen molar-refractivity contribution in [3.05, 3.63) is 11.9 Å². The van der Waals surface area contributed by atoms with Crippen LogP contribution in [-0.4, -0.2) is 31.6 Å². The van der Waals surface area contributed by atoms with Crippen LogP contribution in [0.15, 0.2) is 6.20 Å². The van der Waals surface area contributed by atoms with Crippen LogP contribution in [0.1, 0.15) is 38.5 Å². The number of aliphatic hydroxyl groups excluding tert-OH is 1. The van der Waals surface area contributed by atoms with Gasteiger partial charge in [-0.1, -0.05) is 19.1 Å². The molecule has 1 aromatic heterocycles. The number of hydrogen-bond donors (Lipinski definition) is 1. The highest BCUT2D eigenvalue weighted by atomic mass is 32.2. The molecule has 86 valence electrons. The van der Waals surface area contributed by atoms with Crippen molar-refractivity contribution in [1.29, 1.82) is 0 Å². The maximum Gasteiger partial charge on any atom is 0.106 e. The van der Waals surface area contributed by atoms with E-state index in [1.807, 2.05) is 0 Å². The van der Waals surface area contributed by atoms with Crippen LogP contribution in [0.4, 0.5) is 0 Å². The van der Waals surface area contributed by atoms with Crippen molar-refractivity contribution in [2.45, 2.75) is 39.3 Å². The summed E-state index contributed by atoms with van der Waals surface area (Å²) >= 11 is 1.77. The van der Waals surface area contributed by atoms with Crippen LogP contribution in [0.5, 0.6) is 0 Å². The van der Waals surface area contributed by atoms with Crippen molar-refractivity contribution < 1.29 is 5.11 Å². The number of rotatable bonds is 7. The van der Waals surface area contributed by atoms with E-state index in [1.165, 1.54) is 0 Å². The quantitative estimate of drug-likeness (QED) is 0.725. The molecular formula is C10H19N3OS. The molecule has 0 aliphatic heterocycles. The summed E-state index contributed by atoms with van der Waals surface area (Å²) < 4.78 is 1.79. The lowest BCUT2D eigenvalue weighted by Crippen LogP contribution is -2.11. The third-order valence-corrected chi connectivity index (χ3v) is 3.30. The maximum absolute atomic E-state index is 9.92. The summed E-state index contributed by atoms with van der Waals surface area (Å²) in [6, 6.07) is 0. The fourth-order valence-corrected chi connectivity index (χ4v) is 2.18. The Bertz CT molecular complexity index is 277. The van der Waals surface area contributed by atoms with Crippen LogP contribution >= 0.6 is 11.8 Å². The molecule has 0 radical (unpaired) electrons. The van der Waals surface area contributed by atoms with Crippen LogP contribution in [0, 0.1) is 0 Å². The first-order valence-electron chi connectivity index (χ1n) is 5.43. The first-order valence-corrected chi connectivity index (χ1v) is 6.59. The van der Waals surface area contributed by atoms with Crippen molar-refractivity contribution in [3.63, 3.8) is 0 Å². The molecule has 0 saturated carbocycles. The predicted molar refractivity (Wildman–Crippen MR) is 62.9 cm³/mol. The second kappa shape index (κ2) is 6.85. The highest BCUT2D eigenvalue weighted by molar-refractivity contribution is 7.99. The van der Waals surface area contributed by atoms with Gasteiger partial charge < -0.3 is 5.11 Å². The van der Waals surface area contributed by atoms with Crippen LogP contribution in [-0.2, 0) is 6.54 Å². The number of thioether (sulfide) groups is 1. The van der Waals surface area contributed by atoms with Crippen LogP contribution < -0.4 is 0 Å². The molecule has 4 nitrogen and oxygen atoms in total. The molecule has 0 fully saturated rings. The second-order valence-electron chi connectivity index (χ2n) is 3.47. The Balaban J connectivity index is 2.48. The summed E-state index contributed by atoms with van der Waals surface area (Å²) in [5, 5.41) is 17.7. The lowest BCUT2D eigenvalue weighted by Gasteiger charge is -2.11. The normalized spacial score (nSPS) is 13.0. The molecule has 0 saturated heterocycles. The molecule has 1 rings (SSSR count). The lowest BCUT2D eigenvalue weighted by atomic mass is 10.3. The highest BCUT2D eigenvalue weighted by Gasteiger charge is 2.13. The van der Waals surface area contributed by atoms with Gasteiger partial charge in [0.2, 0.25) is 0 Å². The zero-order valence-electron chi connectivity index (χ0n) is 9.39. The fraction of sp³-hybridized carbons (Fsp3) is 0.800. The van der Waals surface area contributed by atoms with Crippen LogP contribution in [0.25, 0.3) is 0 Å². The zero-order chi connectivity index (χ0) is 11.1. The molecule has 1 N–H and O–H groups in total. The standard InChI is InChI=1S/C10H19N3OS/c1-3-5-13-9(7-11-12-13)10(14)8-15-6-4-2/h7,10,14H,3-6,8H2,1-2H3. The van der Waals surface area contributed by atoms with Gasteiger partial charge in [-0.15, -0.1) is 5.10 Å². The highest BCUT2D eigenvalue weighted by Crippen LogP contribution is 2.17. The maximum atomic E-state index is 9.92. The molecule has 1 unspecified atom stereocenters. The average molecular weight is 229 g/mol. The number of hydrogen-bond acceptors (Lipinski definition) is 4. The number of aryl methyl sites for hydroxylation is 1. The third-order valence-electron chi connectivity index (χ3n) is 2.05. The molecule has 1 aromatic rings. The predicted octanol–water partition coefficient (Wildman–Crippen LogP) is 1.86. The lowest BCUT2D eigenvalue weighted by molar-refractivity contribution is 0.191. The van der Waals surface area contributed by atoms with E-state index in [9.17, 15) is 5.11 Å². The van der Waals surface area contributed by atoms with Gasteiger partial charge in [0.25, 0.3) is 0 Å². The van der Waals surface area contributed by atoms with Crippen LogP contribution in [0.2, 0.25) is 0 Å². The molecule has 0 aliphatic rings. The molecule has 1 atom stereocenters. The van der Waals surface area contributed by atoms with Gasteiger partial charge in [-0.25, -0.2) is 4.68 Å². The van der Waals surface area contributed by atoms with E-state index in [0.29, 0.717) is 0 Å². The fourth-order valence-electron chi connectivity index (χ4n) is 1.33. The monoisotopic (exact) mass is 229 g/mol. The van der Waals surface area contributed by atoms with Gasteiger partial charge in [0.05, 0.1) is 11.9 Å². The minimum Gasteiger partial charge on any atom is -0.386 e. The van der Waals surface area contributed by atoms with Crippen molar-refractivity contribution in [1.82, 2.24) is 15.0 Å². The van der Waals surface area contributed by atoms with Crippen molar-refractivity contribution in [3.8, 4) is 0 Å². The van der Waals surface area contributed by atoms with Gasteiger partial charge in [-0.3, -0.25) is 0 Å². The van der Waals surface area contributed by atoms with Gasteiger partial charge in [-0.2, -0.15) is 11.8 Å². The zero-order valence-corrected chi connectivity index (χ0v) is 10.2. The van der Waals surface area contributed by atoms with Crippen molar-refractivity contribution >= 4 is 11.8 Å². The first kappa shape index (κ1) is 12.5. The van der Waals surface area contributed by atoms with Gasteiger partial charge in [-0.05, 0) is 18.6 Å². The Morgan fingerprint density at radius 3 is 2.93 bits per heavy atom. The van der Waals surface area contributed by atoms with Gasteiger partial charge >= 0.3 is 0 Å². The Labute approximate surface area is 95.1 Å². The topological polar surface area (TPSA) is 50.9 Å². The summed E-state index contributed by atoms with van der Waals surface area (Å²) in [5.41, 5.74) is 0.834. The number of aromatic nitrogens is 3. The van der Waals surface area contributed by atoms with E-state index < -0.39 is 6.10 Å². The Kier molecular flexibility index (Phi) is 5.71. The Hall–Kier alpha value is -0.550. The summed E-state index contributed by atoms with van der Waals surface area (Å²) in [5.74, 6) is 1.82. The number of nitrogens with zero attached hydrogens (tertiary/aromatic N) is 3.